The summed E-state index contributed by atoms with van der Waals surface area (Å²) in [5.41, 5.74) is 2.44. The first-order chi connectivity index (χ1) is 14.2. The van der Waals surface area contributed by atoms with E-state index in [9.17, 15) is 0 Å². The lowest BCUT2D eigenvalue weighted by atomic mass is 10.0. The number of aryl methyl sites for hydroxylation is 1. The van der Waals surface area contributed by atoms with Crippen molar-refractivity contribution in [3.63, 3.8) is 0 Å². The molecule has 0 aliphatic carbocycles. The highest BCUT2D eigenvalue weighted by Crippen LogP contribution is 2.20. The largest absolute Gasteiger partial charge is 0.367 e. The molecule has 30 heavy (non-hydrogen) atoms. The maximum absolute atomic E-state index is 4.89. The number of anilines is 1. The van der Waals surface area contributed by atoms with E-state index < -0.39 is 0 Å². The Morgan fingerprint density at radius 3 is 2.83 bits per heavy atom. The molecular weight excluding hydrogens is 487 g/mol. The van der Waals surface area contributed by atoms with Crippen LogP contribution in [0.1, 0.15) is 25.3 Å². The smallest absolute Gasteiger partial charge is 0.191 e. The quantitative estimate of drug-likeness (QED) is 0.306. The standard InChI is InChI=1S/C23H30N6.HI/c1-3-24-23(25-14-19-10-6-9-18-8-4-5-12-22(18)19)27-20-11-7-13-29(16-20)21-15-26-28(2)17-21;/h4-6,8-10,12,15,17,20H,3,7,11,13-14,16H2,1-2H3,(H2,24,25,27);1H. The van der Waals surface area contributed by atoms with Crippen molar-refractivity contribution >= 4 is 46.4 Å². The van der Waals surface area contributed by atoms with E-state index in [2.05, 4.69) is 76.2 Å². The van der Waals surface area contributed by atoms with Gasteiger partial charge < -0.3 is 15.5 Å². The molecule has 2 N–H and O–H groups in total. The number of fused-ring (bicyclic) bond motifs is 1. The number of hydrogen-bond donors (Lipinski definition) is 2. The number of aliphatic imine (C=N–C) groups is 1. The Hall–Kier alpha value is -2.29. The topological polar surface area (TPSA) is 57.5 Å². The SMILES string of the molecule is CCNC(=NCc1cccc2ccccc12)NC1CCCN(c2cnn(C)c2)C1.I. The number of piperidine rings is 1. The third kappa shape index (κ3) is 5.44. The lowest BCUT2D eigenvalue weighted by Crippen LogP contribution is -2.51. The van der Waals surface area contributed by atoms with Crippen molar-refractivity contribution in [2.45, 2.75) is 32.4 Å². The van der Waals surface area contributed by atoms with Crippen LogP contribution in [0.15, 0.2) is 59.9 Å². The van der Waals surface area contributed by atoms with Crippen LogP contribution >= 0.6 is 24.0 Å². The van der Waals surface area contributed by atoms with Gasteiger partial charge in [-0.3, -0.25) is 4.68 Å². The van der Waals surface area contributed by atoms with Gasteiger partial charge in [0.05, 0.1) is 18.4 Å². The van der Waals surface area contributed by atoms with Gasteiger partial charge in [-0.1, -0.05) is 42.5 Å². The average Bonchev–Trinajstić information content (AvgIpc) is 3.19. The summed E-state index contributed by atoms with van der Waals surface area (Å²) in [7, 11) is 1.96. The number of aromatic nitrogens is 2. The maximum atomic E-state index is 4.89. The molecule has 4 rings (SSSR count). The van der Waals surface area contributed by atoms with E-state index >= 15 is 0 Å². The summed E-state index contributed by atoms with van der Waals surface area (Å²) in [5, 5.41) is 13.9. The Kier molecular flexibility index (Phi) is 7.95. The molecule has 0 bridgehead atoms. The van der Waals surface area contributed by atoms with Gasteiger partial charge in [0.15, 0.2) is 5.96 Å². The number of benzene rings is 2. The minimum atomic E-state index is 0. The van der Waals surface area contributed by atoms with E-state index in [-0.39, 0.29) is 24.0 Å². The molecular formula is C23H31IN6. The van der Waals surface area contributed by atoms with Crippen LogP contribution in [-0.4, -0.2) is 41.4 Å². The first-order valence-electron chi connectivity index (χ1n) is 10.5. The van der Waals surface area contributed by atoms with E-state index in [1.165, 1.54) is 22.0 Å². The van der Waals surface area contributed by atoms with E-state index in [4.69, 9.17) is 4.99 Å². The molecule has 7 heteroatoms. The van der Waals surface area contributed by atoms with Crippen molar-refractivity contribution in [1.82, 2.24) is 20.4 Å². The van der Waals surface area contributed by atoms with Gasteiger partial charge in [0.1, 0.15) is 0 Å². The van der Waals surface area contributed by atoms with Crippen molar-refractivity contribution in [3.8, 4) is 0 Å². The van der Waals surface area contributed by atoms with E-state index in [0.29, 0.717) is 12.6 Å². The zero-order valence-corrected chi connectivity index (χ0v) is 20.0. The van der Waals surface area contributed by atoms with Crippen LogP contribution < -0.4 is 15.5 Å². The van der Waals surface area contributed by atoms with E-state index in [0.717, 1.165) is 38.4 Å². The van der Waals surface area contributed by atoms with Crippen molar-refractivity contribution in [1.29, 1.82) is 0 Å². The molecule has 6 nitrogen and oxygen atoms in total. The molecule has 0 spiro atoms. The van der Waals surface area contributed by atoms with Crippen LogP contribution in [-0.2, 0) is 13.6 Å². The highest BCUT2D eigenvalue weighted by atomic mass is 127. The molecule has 1 saturated heterocycles. The predicted octanol–water partition coefficient (Wildman–Crippen LogP) is 3.92. The lowest BCUT2D eigenvalue weighted by molar-refractivity contribution is 0.468. The van der Waals surface area contributed by atoms with Gasteiger partial charge in [0.25, 0.3) is 0 Å². The highest BCUT2D eigenvalue weighted by Gasteiger charge is 2.21. The van der Waals surface area contributed by atoms with Gasteiger partial charge >= 0.3 is 0 Å². The third-order valence-corrected chi connectivity index (χ3v) is 5.45. The summed E-state index contributed by atoms with van der Waals surface area (Å²) in [6.07, 6.45) is 6.34. The second kappa shape index (κ2) is 10.7. The summed E-state index contributed by atoms with van der Waals surface area (Å²) in [6, 6.07) is 15.3. The second-order valence-electron chi connectivity index (χ2n) is 7.64. The molecule has 1 atom stereocenters. The van der Waals surface area contributed by atoms with Crippen molar-refractivity contribution in [3.05, 3.63) is 60.4 Å². The number of hydrogen-bond acceptors (Lipinski definition) is 3. The van der Waals surface area contributed by atoms with Crippen LogP contribution in [0.5, 0.6) is 0 Å². The number of rotatable bonds is 5. The van der Waals surface area contributed by atoms with Crippen LogP contribution in [0, 0.1) is 0 Å². The van der Waals surface area contributed by atoms with Gasteiger partial charge in [-0.05, 0) is 36.1 Å². The normalized spacial score (nSPS) is 16.9. The van der Waals surface area contributed by atoms with Crippen molar-refractivity contribution in [2.24, 2.45) is 12.0 Å². The minimum absolute atomic E-state index is 0. The fourth-order valence-corrected chi connectivity index (χ4v) is 4.01. The Labute approximate surface area is 195 Å². The Bertz CT molecular complexity index is 977. The molecule has 1 aliphatic heterocycles. The average molecular weight is 518 g/mol. The number of nitrogens with zero attached hydrogens (tertiary/aromatic N) is 4. The van der Waals surface area contributed by atoms with Gasteiger partial charge in [0.2, 0.25) is 0 Å². The first kappa shape index (κ1) is 22.4. The van der Waals surface area contributed by atoms with Crippen molar-refractivity contribution < 1.29 is 0 Å². The Balaban J connectivity index is 0.00000256. The number of halogens is 1. The molecule has 3 aromatic rings. The maximum Gasteiger partial charge on any atom is 0.191 e. The van der Waals surface area contributed by atoms with Gasteiger partial charge in [-0.15, -0.1) is 24.0 Å². The zero-order chi connectivity index (χ0) is 20.1. The summed E-state index contributed by atoms with van der Waals surface area (Å²) in [4.78, 5) is 7.29. The van der Waals surface area contributed by atoms with Crippen LogP contribution in [0.2, 0.25) is 0 Å². The van der Waals surface area contributed by atoms with Crippen LogP contribution in [0.3, 0.4) is 0 Å². The number of nitrogens with one attached hydrogen (secondary N) is 2. The highest BCUT2D eigenvalue weighted by molar-refractivity contribution is 14.0. The molecule has 0 saturated carbocycles. The summed E-state index contributed by atoms with van der Waals surface area (Å²) < 4.78 is 1.86. The van der Waals surface area contributed by atoms with E-state index in [1.54, 1.807) is 0 Å². The molecule has 160 valence electrons. The molecule has 1 unspecified atom stereocenters. The first-order valence-corrected chi connectivity index (χ1v) is 10.5. The van der Waals surface area contributed by atoms with Gasteiger partial charge in [0, 0.05) is 38.9 Å². The predicted molar refractivity (Wildman–Crippen MR) is 136 cm³/mol. The minimum Gasteiger partial charge on any atom is -0.367 e. The number of guanidine groups is 1. The summed E-state index contributed by atoms with van der Waals surface area (Å²) in [6.45, 7) is 5.66. The van der Waals surface area contributed by atoms with Crippen LogP contribution in [0.25, 0.3) is 10.8 Å². The Morgan fingerprint density at radius 2 is 2.03 bits per heavy atom. The van der Waals surface area contributed by atoms with Gasteiger partial charge in [-0.25, -0.2) is 4.99 Å². The summed E-state index contributed by atoms with van der Waals surface area (Å²) >= 11 is 0. The van der Waals surface area contributed by atoms with E-state index in [1.807, 2.05) is 17.9 Å². The third-order valence-electron chi connectivity index (χ3n) is 5.45. The zero-order valence-electron chi connectivity index (χ0n) is 17.7. The second-order valence-corrected chi connectivity index (χ2v) is 7.64. The monoisotopic (exact) mass is 518 g/mol. The van der Waals surface area contributed by atoms with Crippen LogP contribution in [0.4, 0.5) is 5.69 Å². The Morgan fingerprint density at radius 1 is 1.20 bits per heavy atom. The molecule has 0 radical (unpaired) electrons. The molecule has 1 aliphatic rings. The summed E-state index contributed by atoms with van der Waals surface area (Å²) in [5.74, 6) is 0.887. The van der Waals surface area contributed by atoms with Crippen molar-refractivity contribution in [2.75, 3.05) is 24.5 Å². The molecule has 1 fully saturated rings. The van der Waals surface area contributed by atoms with Gasteiger partial charge in [-0.2, -0.15) is 5.10 Å². The molecule has 1 aromatic heterocycles. The molecule has 0 amide bonds. The molecule has 2 aromatic carbocycles. The fourth-order valence-electron chi connectivity index (χ4n) is 4.01. The molecule has 2 heterocycles. The fraction of sp³-hybridized carbons (Fsp3) is 0.391. The lowest BCUT2D eigenvalue weighted by Gasteiger charge is -2.34.